The molecule has 0 spiro atoms. The van der Waals surface area contributed by atoms with Crippen molar-refractivity contribution in [1.29, 1.82) is 0 Å². The summed E-state index contributed by atoms with van der Waals surface area (Å²) in [5.74, 6) is 0.138. The van der Waals surface area contributed by atoms with Crippen LogP contribution in [0.3, 0.4) is 0 Å². The Morgan fingerprint density at radius 3 is 1.86 bits per heavy atom. The topological polar surface area (TPSA) is 122 Å². The highest BCUT2D eigenvalue weighted by Crippen LogP contribution is 2.21. The lowest BCUT2D eigenvalue weighted by atomic mass is 10.2. The summed E-state index contributed by atoms with van der Waals surface area (Å²) in [5, 5.41) is 26.8. The largest absolute Gasteiger partial charge is 0.506 e. The molecule has 0 heterocycles. The monoisotopic (exact) mass is 306 g/mol. The molecule has 0 aliphatic rings. The minimum absolute atomic E-state index is 0.0200. The van der Waals surface area contributed by atoms with E-state index in [4.69, 9.17) is 26.4 Å². The smallest absolute Gasteiger partial charge is 0.138 e. The zero-order valence-electron chi connectivity index (χ0n) is 12.5. The quantitative estimate of drug-likeness (QED) is 0.435. The molecule has 0 aromatic heterocycles. The Morgan fingerprint density at radius 2 is 1.41 bits per heavy atom. The Balaban J connectivity index is 0.000000224. The number of aromatic hydroxyl groups is 2. The van der Waals surface area contributed by atoms with E-state index in [1.165, 1.54) is 6.07 Å². The second-order valence-corrected chi connectivity index (χ2v) is 4.58. The van der Waals surface area contributed by atoms with Gasteiger partial charge in [-0.05, 0) is 42.3 Å². The predicted molar refractivity (Wildman–Crippen MR) is 86.3 cm³/mol. The van der Waals surface area contributed by atoms with E-state index in [2.05, 4.69) is 0 Å². The van der Waals surface area contributed by atoms with Crippen LogP contribution in [0.1, 0.15) is 18.1 Å². The van der Waals surface area contributed by atoms with Crippen molar-refractivity contribution >= 4 is 11.4 Å². The van der Waals surface area contributed by atoms with Gasteiger partial charge in [0.15, 0.2) is 0 Å². The summed E-state index contributed by atoms with van der Waals surface area (Å²) in [7, 11) is 0. The number of phenols is 2. The SMILES string of the molecule is CCOCc1ccc(N)c(O)c1.Nc1ccc(CO)cc1O. The average Bonchev–Trinajstić information content (AvgIpc) is 2.52. The van der Waals surface area contributed by atoms with Gasteiger partial charge in [-0.1, -0.05) is 12.1 Å². The van der Waals surface area contributed by atoms with Gasteiger partial charge in [-0.25, -0.2) is 0 Å². The van der Waals surface area contributed by atoms with Crippen LogP contribution in [0.2, 0.25) is 0 Å². The number of nitrogen functional groups attached to an aromatic ring is 2. The van der Waals surface area contributed by atoms with E-state index in [9.17, 15) is 5.11 Å². The van der Waals surface area contributed by atoms with Crippen LogP contribution in [0.5, 0.6) is 11.5 Å². The van der Waals surface area contributed by atoms with Gasteiger partial charge >= 0.3 is 0 Å². The van der Waals surface area contributed by atoms with Crippen LogP contribution in [-0.2, 0) is 18.0 Å². The van der Waals surface area contributed by atoms with Gasteiger partial charge in [0.2, 0.25) is 0 Å². The molecule has 0 fully saturated rings. The van der Waals surface area contributed by atoms with E-state index in [-0.39, 0.29) is 18.1 Å². The van der Waals surface area contributed by atoms with E-state index in [1.54, 1.807) is 24.3 Å². The highest BCUT2D eigenvalue weighted by molar-refractivity contribution is 5.53. The summed E-state index contributed by atoms with van der Waals surface area (Å²) < 4.78 is 5.16. The lowest BCUT2D eigenvalue weighted by molar-refractivity contribution is 0.134. The number of anilines is 2. The molecular weight excluding hydrogens is 284 g/mol. The Morgan fingerprint density at radius 1 is 0.909 bits per heavy atom. The molecular formula is C16H22N2O4. The number of phenolic OH excluding ortho intramolecular Hbond substituents is 2. The van der Waals surface area contributed by atoms with Crippen molar-refractivity contribution in [3.05, 3.63) is 47.5 Å². The summed E-state index contributed by atoms with van der Waals surface area (Å²) in [6.45, 7) is 3.04. The number of rotatable bonds is 4. The number of aliphatic hydroxyl groups is 1. The Hall–Kier alpha value is -2.44. The second-order valence-electron chi connectivity index (χ2n) is 4.58. The molecule has 6 heteroatoms. The first-order valence-electron chi connectivity index (χ1n) is 6.81. The molecule has 0 aliphatic carbocycles. The third-order valence-electron chi connectivity index (χ3n) is 2.85. The standard InChI is InChI=1S/C9H13NO2.C7H9NO2/c1-2-12-6-7-3-4-8(10)9(11)5-7;8-6-2-1-5(4-9)3-7(6)10/h3-5,11H,2,6,10H2,1H3;1-3,9-10H,4,8H2. The third-order valence-corrected chi connectivity index (χ3v) is 2.85. The van der Waals surface area contributed by atoms with Gasteiger partial charge in [0.25, 0.3) is 0 Å². The maximum absolute atomic E-state index is 9.22. The summed E-state index contributed by atoms with van der Waals surface area (Å²) in [6, 6.07) is 9.78. The van der Waals surface area contributed by atoms with E-state index < -0.39 is 0 Å². The molecule has 120 valence electrons. The fourth-order valence-electron chi connectivity index (χ4n) is 1.59. The molecule has 0 bridgehead atoms. The van der Waals surface area contributed by atoms with Gasteiger partial charge in [0.05, 0.1) is 24.6 Å². The van der Waals surface area contributed by atoms with Crippen molar-refractivity contribution in [2.75, 3.05) is 18.1 Å². The highest BCUT2D eigenvalue weighted by Gasteiger charge is 1.98. The normalized spacial score (nSPS) is 9.91. The zero-order valence-corrected chi connectivity index (χ0v) is 12.5. The van der Waals surface area contributed by atoms with Crippen molar-refractivity contribution < 1.29 is 20.1 Å². The molecule has 0 aliphatic heterocycles. The first-order valence-corrected chi connectivity index (χ1v) is 6.81. The Bertz CT molecular complexity index is 603. The van der Waals surface area contributed by atoms with Gasteiger partial charge in [-0.15, -0.1) is 0 Å². The number of hydrogen-bond donors (Lipinski definition) is 5. The molecule has 2 aromatic carbocycles. The van der Waals surface area contributed by atoms with Crippen LogP contribution < -0.4 is 11.5 Å². The fraction of sp³-hybridized carbons (Fsp3) is 0.250. The Labute approximate surface area is 129 Å². The Kier molecular flexibility index (Phi) is 7.01. The number of aliphatic hydroxyl groups excluding tert-OH is 1. The number of benzene rings is 2. The molecule has 2 aromatic rings. The molecule has 0 radical (unpaired) electrons. The first-order chi connectivity index (χ1) is 10.5. The van der Waals surface area contributed by atoms with Crippen LogP contribution in [0.4, 0.5) is 11.4 Å². The van der Waals surface area contributed by atoms with Crippen LogP contribution in [-0.4, -0.2) is 21.9 Å². The average molecular weight is 306 g/mol. The van der Waals surface area contributed by atoms with E-state index in [1.807, 2.05) is 13.0 Å². The third kappa shape index (κ3) is 5.51. The second kappa shape index (κ2) is 8.76. The maximum Gasteiger partial charge on any atom is 0.138 e. The van der Waals surface area contributed by atoms with Crippen molar-refractivity contribution in [2.45, 2.75) is 20.1 Å². The number of hydrogen-bond acceptors (Lipinski definition) is 6. The molecule has 0 saturated carbocycles. The van der Waals surface area contributed by atoms with Crippen molar-refractivity contribution in [3.63, 3.8) is 0 Å². The van der Waals surface area contributed by atoms with Crippen LogP contribution >= 0.6 is 0 Å². The zero-order chi connectivity index (χ0) is 16.5. The molecule has 0 saturated heterocycles. The molecule has 7 N–H and O–H groups in total. The molecule has 0 atom stereocenters. The summed E-state index contributed by atoms with van der Waals surface area (Å²) in [5.41, 5.74) is 13.1. The minimum atomic E-state index is -0.0756. The van der Waals surface area contributed by atoms with Gasteiger partial charge in [0, 0.05) is 6.61 Å². The van der Waals surface area contributed by atoms with Crippen molar-refractivity contribution in [2.24, 2.45) is 0 Å². The summed E-state index contributed by atoms with van der Waals surface area (Å²) in [6.07, 6.45) is 0. The van der Waals surface area contributed by atoms with E-state index in [0.29, 0.717) is 30.2 Å². The molecule has 2 rings (SSSR count). The first kappa shape index (κ1) is 17.6. The van der Waals surface area contributed by atoms with Crippen LogP contribution in [0, 0.1) is 0 Å². The van der Waals surface area contributed by atoms with E-state index in [0.717, 1.165) is 5.56 Å². The molecule has 22 heavy (non-hydrogen) atoms. The van der Waals surface area contributed by atoms with Crippen LogP contribution in [0.25, 0.3) is 0 Å². The van der Waals surface area contributed by atoms with Crippen LogP contribution in [0.15, 0.2) is 36.4 Å². The van der Waals surface area contributed by atoms with Gasteiger partial charge < -0.3 is 31.5 Å². The van der Waals surface area contributed by atoms with Crippen molar-refractivity contribution in [1.82, 2.24) is 0 Å². The lowest BCUT2D eigenvalue weighted by Gasteiger charge is -2.03. The highest BCUT2D eigenvalue weighted by atomic mass is 16.5. The number of nitrogens with two attached hydrogens (primary N) is 2. The number of ether oxygens (including phenoxy) is 1. The lowest BCUT2D eigenvalue weighted by Crippen LogP contribution is -1.93. The van der Waals surface area contributed by atoms with E-state index >= 15 is 0 Å². The molecule has 6 nitrogen and oxygen atoms in total. The van der Waals surface area contributed by atoms with Gasteiger partial charge in [-0.2, -0.15) is 0 Å². The fourth-order valence-corrected chi connectivity index (χ4v) is 1.59. The van der Waals surface area contributed by atoms with Crippen molar-refractivity contribution in [3.8, 4) is 11.5 Å². The van der Waals surface area contributed by atoms with Gasteiger partial charge in [0.1, 0.15) is 11.5 Å². The maximum atomic E-state index is 9.22. The minimum Gasteiger partial charge on any atom is -0.506 e. The molecule has 0 amide bonds. The molecule has 0 unspecified atom stereocenters. The summed E-state index contributed by atoms with van der Waals surface area (Å²) >= 11 is 0. The summed E-state index contributed by atoms with van der Waals surface area (Å²) in [4.78, 5) is 0. The predicted octanol–water partition coefficient (Wildman–Crippen LogP) is 1.98. The van der Waals surface area contributed by atoms with Gasteiger partial charge in [-0.3, -0.25) is 0 Å².